The van der Waals surface area contributed by atoms with Crippen LogP contribution in [0, 0.1) is 11.8 Å². The van der Waals surface area contributed by atoms with Crippen LogP contribution in [-0.2, 0) is 4.57 Å². The first-order chi connectivity index (χ1) is 7.05. The average molecular weight is 230 g/mol. The Hall–Kier alpha value is 0.100. The Morgan fingerprint density at radius 3 is 2.07 bits per heavy atom. The number of rotatable bonds is 8. The van der Waals surface area contributed by atoms with Gasteiger partial charge in [0.1, 0.15) is 0 Å². The lowest BCUT2D eigenvalue weighted by Crippen LogP contribution is -2.36. The Balaban J connectivity index is 4.58. The summed E-state index contributed by atoms with van der Waals surface area (Å²) in [5, 5.41) is 0.0178. The van der Waals surface area contributed by atoms with E-state index in [0.717, 1.165) is 12.8 Å². The molecule has 0 rings (SSSR count). The maximum atomic E-state index is 11.6. The molecule has 15 heavy (non-hydrogen) atoms. The van der Waals surface area contributed by atoms with Crippen LogP contribution in [0.25, 0.3) is 0 Å². The van der Waals surface area contributed by atoms with Gasteiger partial charge in [0.2, 0.25) is 0 Å². The minimum Gasteiger partial charge on any atom is -0.274 e. The molecule has 0 aliphatic heterocycles. The van der Waals surface area contributed by atoms with Crippen LogP contribution in [0.2, 0.25) is 0 Å². The maximum Gasteiger partial charge on any atom is 0.162 e. The first-order valence-electron chi connectivity index (χ1n) is 6.39. The fourth-order valence-electron chi connectivity index (χ4n) is 2.36. The van der Waals surface area contributed by atoms with E-state index in [1.807, 2.05) is 0 Å². The summed E-state index contributed by atoms with van der Waals surface area (Å²) in [6.07, 6.45) is 5.96. The molecule has 0 heterocycles. The van der Waals surface area contributed by atoms with Gasteiger partial charge in [0.05, 0.1) is 5.16 Å². The summed E-state index contributed by atoms with van der Waals surface area (Å²) in [5.41, 5.74) is 0. The maximum absolute atomic E-state index is 11.6. The lowest BCUT2D eigenvalue weighted by atomic mass is 9.78. The molecule has 0 amide bonds. The van der Waals surface area contributed by atoms with Crippen molar-refractivity contribution in [1.29, 1.82) is 0 Å². The average Bonchev–Trinajstić information content (AvgIpc) is 2.23. The third-order valence-corrected chi connectivity index (χ3v) is 5.34. The third-order valence-electron chi connectivity index (χ3n) is 3.82. The van der Waals surface area contributed by atoms with Gasteiger partial charge in [-0.3, -0.25) is 4.57 Å². The molecule has 0 aliphatic rings. The first kappa shape index (κ1) is 15.1. The molecule has 0 aliphatic carbocycles. The summed E-state index contributed by atoms with van der Waals surface area (Å²) < 4.78 is 11.6. The Morgan fingerprint density at radius 2 is 1.73 bits per heavy atom. The van der Waals surface area contributed by atoms with Gasteiger partial charge < -0.3 is 0 Å². The normalized spacial score (nSPS) is 18.0. The molecule has 0 spiro atoms. The van der Waals surface area contributed by atoms with Crippen LogP contribution in [0.4, 0.5) is 0 Å². The van der Waals surface area contributed by atoms with E-state index in [-0.39, 0.29) is 5.16 Å². The summed E-state index contributed by atoms with van der Waals surface area (Å²) >= 11 is 0. The van der Waals surface area contributed by atoms with Crippen molar-refractivity contribution in [3.8, 4) is 0 Å². The minimum absolute atomic E-state index is 0.0178. The highest BCUT2D eigenvalue weighted by Gasteiger charge is 2.38. The third kappa shape index (κ3) is 3.87. The highest BCUT2D eigenvalue weighted by atomic mass is 31.1. The molecule has 2 atom stereocenters. The molecule has 0 aromatic rings. The predicted molar refractivity (Wildman–Crippen MR) is 68.8 cm³/mol. The van der Waals surface area contributed by atoms with Crippen molar-refractivity contribution < 1.29 is 4.57 Å². The SMILES string of the molecule is CCCCCC(P=O)(C(C)C)C(C)CC. The lowest BCUT2D eigenvalue weighted by molar-refractivity contribution is 0.273. The standard InChI is InChI=1S/C13H27OP/c1-6-8-9-10-13(15-14,11(3)4)12(5)7-2/h11-12H,6-10H2,1-5H3. The number of unbranched alkanes of at least 4 members (excludes halogenated alkanes) is 2. The Morgan fingerprint density at radius 1 is 1.13 bits per heavy atom. The van der Waals surface area contributed by atoms with Crippen LogP contribution in [-0.4, -0.2) is 5.16 Å². The zero-order valence-corrected chi connectivity index (χ0v) is 11.9. The van der Waals surface area contributed by atoms with E-state index in [1.54, 1.807) is 0 Å². The van der Waals surface area contributed by atoms with Gasteiger partial charge in [-0.05, 0) is 18.3 Å². The zero-order chi connectivity index (χ0) is 11.9. The van der Waals surface area contributed by atoms with Crippen molar-refractivity contribution >= 4 is 8.46 Å². The molecule has 0 N–H and O–H groups in total. The highest BCUT2D eigenvalue weighted by molar-refractivity contribution is 7.26. The van der Waals surface area contributed by atoms with E-state index in [4.69, 9.17) is 0 Å². The van der Waals surface area contributed by atoms with Gasteiger partial charge in [0, 0.05) is 0 Å². The van der Waals surface area contributed by atoms with E-state index >= 15 is 0 Å². The first-order valence-corrected chi connectivity index (χ1v) is 7.20. The van der Waals surface area contributed by atoms with Gasteiger partial charge in [0.25, 0.3) is 0 Å². The smallest absolute Gasteiger partial charge is 0.162 e. The van der Waals surface area contributed by atoms with E-state index in [1.165, 1.54) is 19.3 Å². The molecule has 0 aromatic heterocycles. The molecule has 2 unspecified atom stereocenters. The summed E-state index contributed by atoms with van der Waals surface area (Å²) in [7, 11) is 0.353. The molecule has 0 fully saturated rings. The fourth-order valence-corrected chi connectivity index (χ4v) is 3.18. The van der Waals surface area contributed by atoms with E-state index in [0.29, 0.717) is 20.3 Å². The molecule has 0 saturated carbocycles. The van der Waals surface area contributed by atoms with Gasteiger partial charge in [-0.25, -0.2) is 0 Å². The summed E-state index contributed by atoms with van der Waals surface area (Å²) in [4.78, 5) is 0. The summed E-state index contributed by atoms with van der Waals surface area (Å²) in [5.74, 6) is 1.05. The van der Waals surface area contributed by atoms with Crippen molar-refractivity contribution in [2.45, 2.75) is 71.9 Å². The van der Waals surface area contributed by atoms with E-state index in [2.05, 4.69) is 34.6 Å². The summed E-state index contributed by atoms with van der Waals surface area (Å²) in [6.45, 7) is 11.1. The molecule has 1 nitrogen and oxygen atoms in total. The molecule has 0 bridgehead atoms. The van der Waals surface area contributed by atoms with Crippen LogP contribution in [0.15, 0.2) is 0 Å². The van der Waals surface area contributed by atoms with Crippen LogP contribution in [0.1, 0.15) is 66.7 Å². The Labute approximate surface area is 97.2 Å². The van der Waals surface area contributed by atoms with Crippen LogP contribution in [0.3, 0.4) is 0 Å². The van der Waals surface area contributed by atoms with Crippen molar-refractivity contribution in [3.05, 3.63) is 0 Å². The number of hydrogen-bond donors (Lipinski definition) is 0. The van der Waals surface area contributed by atoms with Gasteiger partial charge in [-0.1, -0.05) is 60.3 Å². The van der Waals surface area contributed by atoms with Crippen LogP contribution in [0.5, 0.6) is 0 Å². The van der Waals surface area contributed by atoms with Crippen LogP contribution < -0.4 is 0 Å². The van der Waals surface area contributed by atoms with Crippen LogP contribution >= 0.6 is 8.46 Å². The Kier molecular flexibility index (Phi) is 7.44. The molecule has 90 valence electrons. The quantitative estimate of drug-likeness (QED) is 0.408. The molecule has 0 saturated heterocycles. The van der Waals surface area contributed by atoms with Crippen molar-refractivity contribution in [1.82, 2.24) is 0 Å². The molecular formula is C13H27OP. The van der Waals surface area contributed by atoms with E-state index in [9.17, 15) is 4.57 Å². The molecule has 0 aromatic carbocycles. The minimum atomic E-state index is 0.0178. The molecule has 2 heteroatoms. The largest absolute Gasteiger partial charge is 0.274 e. The zero-order valence-electron chi connectivity index (χ0n) is 11.0. The molecular weight excluding hydrogens is 203 g/mol. The van der Waals surface area contributed by atoms with Gasteiger partial charge in [-0.15, -0.1) is 0 Å². The lowest BCUT2D eigenvalue weighted by Gasteiger charge is -2.36. The van der Waals surface area contributed by atoms with Gasteiger partial charge in [0.15, 0.2) is 8.46 Å². The second kappa shape index (κ2) is 7.39. The Bertz CT molecular complexity index is 179. The van der Waals surface area contributed by atoms with E-state index < -0.39 is 0 Å². The van der Waals surface area contributed by atoms with Gasteiger partial charge in [-0.2, -0.15) is 0 Å². The topological polar surface area (TPSA) is 17.1 Å². The monoisotopic (exact) mass is 230 g/mol. The number of hydrogen-bond acceptors (Lipinski definition) is 1. The van der Waals surface area contributed by atoms with Crippen molar-refractivity contribution in [2.24, 2.45) is 11.8 Å². The second-order valence-electron chi connectivity index (χ2n) is 5.00. The summed E-state index contributed by atoms with van der Waals surface area (Å²) in [6, 6.07) is 0. The predicted octanol–water partition coefficient (Wildman–Crippen LogP) is 5.30. The second-order valence-corrected chi connectivity index (χ2v) is 6.02. The highest BCUT2D eigenvalue weighted by Crippen LogP contribution is 2.44. The van der Waals surface area contributed by atoms with Crippen molar-refractivity contribution in [2.75, 3.05) is 0 Å². The molecule has 0 radical (unpaired) electrons. The fraction of sp³-hybridized carbons (Fsp3) is 1.00. The van der Waals surface area contributed by atoms with Gasteiger partial charge >= 0.3 is 0 Å². The van der Waals surface area contributed by atoms with Crippen molar-refractivity contribution in [3.63, 3.8) is 0 Å².